The van der Waals surface area contributed by atoms with Gasteiger partial charge in [0.2, 0.25) is 0 Å². The van der Waals surface area contributed by atoms with Gasteiger partial charge in [-0.05, 0) is 42.9 Å². The fourth-order valence-corrected chi connectivity index (χ4v) is 3.03. The van der Waals surface area contributed by atoms with Crippen molar-refractivity contribution in [2.75, 3.05) is 12.4 Å². The Balaban J connectivity index is 2.21. The first kappa shape index (κ1) is 14.8. The molecule has 2 unspecified atom stereocenters. The number of ether oxygens (including phenoxy) is 1. The van der Waals surface area contributed by atoms with Crippen molar-refractivity contribution in [1.82, 2.24) is 0 Å². The number of rotatable bonds is 3. The lowest BCUT2D eigenvalue weighted by Crippen LogP contribution is -2.37. The van der Waals surface area contributed by atoms with E-state index in [-0.39, 0.29) is 11.9 Å². The summed E-state index contributed by atoms with van der Waals surface area (Å²) in [7, 11) is 1.32. The SMILES string of the molecule is COC(=O)c1ccc(F)c(NC2C(C)CCCC2C)c1. The number of hydrogen-bond acceptors (Lipinski definition) is 3. The van der Waals surface area contributed by atoms with Crippen LogP contribution < -0.4 is 5.32 Å². The van der Waals surface area contributed by atoms with E-state index >= 15 is 0 Å². The van der Waals surface area contributed by atoms with Crippen molar-refractivity contribution in [3.63, 3.8) is 0 Å². The van der Waals surface area contributed by atoms with E-state index in [2.05, 4.69) is 23.9 Å². The topological polar surface area (TPSA) is 38.3 Å². The van der Waals surface area contributed by atoms with Gasteiger partial charge in [0.25, 0.3) is 0 Å². The van der Waals surface area contributed by atoms with Crippen LogP contribution in [0.1, 0.15) is 43.5 Å². The fourth-order valence-electron chi connectivity index (χ4n) is 3.03. The third kappa shape index (κ3) is 3.11. The third-order valence-electron chi connectivity index (χ3n) is 4.25. The molecule has 0 aliphatic heterocycles. The lowest BCUT2D eigenvalue weighted by atomic mass is 9.78. The summed E-state index contributed by atoms with van der Waals surface area (Å²) in [5.74, 6) is 0.222. The van der Waals surface area contributed by atoms with Gasteiger partial charge in [0.15, 0.2) is 0 Å². The van der Waals surface area contributed by atoms with E-state index in [1.807, 2.05) is 0 Å². The Morgan fingerprint density at radius 2 is 1.95 bits per heavy atom. The van der Waals surface area contributed by atoms with E-state index in [4.69, 9.17) is 0 Å². The van der Waals surface area contributed by atoms with E-state index in [1.54, 1.807) is 0 Å². The molecule has 1 aliphatic rings. The highest BCUT2D eigenvalue weighted by Crippen LogP contribution is 2.32. The number of esters is 1. The molecule has 0 aromatic heterocycles. The van der Waals surface area contributed by atoms with Gasteiger partial charge < -0.3 is 10.1 Å². The molecule has 4 heteroatoms. The van der Waals surface area contributed by atoms with Gasteiger partial charge in [-0.3, -0.25) is 0 Å². The highest BCUT2D eigenvalue weighted by atomic mass is 19.1. The van der Waals surface area contributed by atoms with Crippen LogP contribution in [0.4, 0.5) is 10.1 Å². The van der Waals surface area contributed by atoms with Crippen LogP contribution in [0, 0.1) is 17.7 Å². The van der Waals surface area contributed by atoms with Gasteiger partial charge >= 0.3 is 5.97 Å². The first-order valence-electron chi connectivity index (χ1n) is 7.17. The third-order valence-corrected chi connectivity index (χ3v) is 4.25. The number of nitrogens with one attached hydrogen (secondary N) is 1. The Hall–Kier alpha value is -1.58. The number of anilines is 1. The molecule has 2 atom stereocenters. The number of carbonyl (C=O) groups excluding carboxylic acids is 1. The quantitative estimate of drug-likeness (QED) is 0.854. The van der Waals surface area contributed by atoms with Crippen LogP contribution in [0.25, 0.3) is 0 Å². The molecular formula is C16H22FNO2. The number of halogens is 1. The van der Waals surface area contributed by atoms with Crippen LogP contribution >= 0.6 is 0 Å². The minimum atomic E-state index is -0.446. The summed E-state index contributed by atoms with van der Waals surface area (Å²) in [4.78, 5) is 11.5. The maximum Gasteiger partial charge on any atom is 0.337 e. The molecule has 0 radical (unpaired) electrons. The summed E-state index contributed by atoms with van der Waals surface area (Å²) in [5, 5.41) is 3.29. The van der Waals surface area contributed by atoms with E-state index < -0.39 is 5.97 Å². The summed E-state index contributed by atoms with van der Waals surface area (Å²) >= 11 is 0. The maximum atomic E-state index is 13.9. The highest BCUT2D eigenvalue weighted by molar-refractivity contribution is 5.90. The van der Waals surface area contributed by atoms with Crippen LogP contribution in [0.2, 0.25) is 0 Å². The second kappa shape index (κ2) is 6.25. The van der Waals surface area contributed by atoms with E-state index in [1.165, 1.54) is 31.7 Å². The minimum absolute atomic E-state index is 0.242. The van der Waals surface area contributed by atoms with E-state index in [9.17, 15) is 9.18 Å². The Kier molecular flexibility index (Phi) is 4.63. The Labute approximate surface area is 119 Å². The Morgan fingerprint density at radius 3 is 2.55 bits per heavy atom. The van der Waals surface area contributed by atoms with Crippen LogP contribution in [0.3, 0.4) is 0 Å². The summed E-state index contributed by atoms with van der Waals surface area (Å²) in [5.41, 5.74) is 0.756. The molecular weight excluding hydrogens is 257 g/mol. The number of methoxy groups -OCH3 is 1. The van der Waals surface area contributed by atoms with Crippen LogP contribution in [-0.2, 0) is 4.74 Å². The van der Waals surface area contributed by atoms with Crippen molar-refractivity contribution in [2.24, 2.45) is 11.8 Å². The Morgan fingerprint density at radius 1 is 1.30 bits per heavy atom. The maximum absolute atomic E-state index is 13.9. The molecule has 110 valence electrons. The summed E-state index contributed by atoms with van der Waals surface area (Å²) in [6.45, 7) is 4.38. The summed E-state index contributed by atoms with van der Waals surface area (Å²) in [6, 6.07) is 4.54. The molecule has 0 bridgehead atoms. The molecule has 0 heterocycles. The zero-order valence-corrected chi connectivity index (χ0v) is 12.3. The summed E-state index contributed by atoms with van der Waals surface area (Å²) in [6.07, 6.45) is 3.53. The van der Waals surface area contributed by atoms with Crippen molar-refractivity contribution in [3.8, 4) is 0 Å². The lowest BCUT2D eigenvalue weighted by molar-refractivity contribution is 0.0600. The lowest BCUT2D eigenvalue weighted by Gasteiger charge is -2.36. The second-order valence-corrected chi connectivity index (χ2v) is 5.74. The first-order chi connectivity index (χ1) is 9.52. The number of benzene rings is 1. The van der Waals surface area contributed by atoms with Gasteiger partial charge in [0.1, 0.15) is 5.82 Å². The van der Waals surface area contributed by atoms with Crippen molar-refractivity contribution >= 4 is 11.7 Å². The highest BCUT2D eigenvalue weighted by Gasteiger charge is 2.28. The molecule has 1 N–H and O–H groups in total. The zero-order chi connectivity index (χ0) is 14.7. The Bertz CT molecular complexity index is 479. The van der Waals surface area contributed by atoms with Gasteiger partial charge in [-0.15, -0.1) is 0 Å². The molecule has 1 saturated carbocycles. The molecule has 1 aliphatic carbocycles. The van der Waals surface area contributed by atoms with Crippen molar-refractivity contribution in [1.29, 1.82) is 0 Å². The van der Waals surface area contributed by atoms with Gasteiger partial charge in [0.05, 0.1) is 18.4 Å². The average Bonchev–Trinajstić information content (AvgIpc) is 2.44. The molecule has 0 amide bonds. The van der Waals surface area contributed by atoms with E-state index in [0.29, 0.717) is 23.1 Å². The molecule has 20 heavy (non-hydrogen) atoms. The largest absolute Gasteiger partial charge is 0.465 e. The van der Waals surface area contributed by atoms with Crippen molar-refractivity contribution in [2.45, 2.75) is 39.2 Å². The molecule has 3 nitrogen and oxygen atoms in total. The predicted molar refractivity (Wildman–Crippen MR) is 77.3 cm³/mol. The predicted octanol–water partition coefficient (Wildman–Crippen LogP) is 3.85. The smallest absolute Gasteiger partial charge is 0.337 e. The van der Waals surface area contributed by atoms with Crippen molar-refractivity contribution in [3.05, 3.63) is 29.6 Å². The zero-order valence-electron chi connectivity index (χ0n) is 12.3. The van der Waals surface area contributed by atoms with E-state index in [0.717, 1.165) is 12.8 Å². The second-order valence-electron chi connectivity index (χ2n) is 5.74. The number of hydrogen-bond donors (Lipinski definition) is 1. The van der Waals surface area contributed by atoms with Crippen LogP contribution in [0.5, 0.6) is 0 Å². The van der Waals surface area contributed by atoms with Gasteiger partial charge in [-0.25, -0.2) is 9.18 Å². The fraction of sp³-hybridized carbons (Fsp3) is 0.562. The van der Waals surface area contributed by atoms with Gasteiger partial charge in [-0.1, -0.05) is 20.3 Å². The van der Waals surface area contributed by atoms with Crippen molar-refractivity contribution < 1.29 is 13.9 Å². The molecule has 0 spiro atoms. The van der Waals surface area contributed by atoms with Crippen LogP contribution in [0.15, 0.2) is 18.2 Å². The minimum Gasteiger partial charge on any atom is -0.465 e. The van der Waals surface area contributed by atoms with Gasteiger partial charge in [-0.2, -0.15) is 0 Å². The first-order valence-corrected chi connectivity index (χ1v) is 7.17. The normalized spacial score (nSPS) is 26.1. The molecule has 0 saturated heterocycles. The molecule has 1 aromatic carbocycles. The molecule has 2 rings (SSSR count). The standard InChI is InChI=1S/C16H22FNO2/c1-10-5-4-6-11(2)15(10)18-14-9-12(16(19)20-3)7-8-13(14)17/h7-11,15,18H,4-6H2,1-3H3. The average molecular weight is 279 g/mol. The molecule has 1 aromatic rings. The monoisotopic (exact) mass is 279 g/mol. The molecule has 1 fully saturated rings. The summed E-state index contributed by atoms with van der Waals surface area (Å²) < 4.78 is 18.6. The van der Waals surface area contributed by atoms with Gasteiger partial charge in [0, 0.05) is 6.04 Å². The number of carbonyl (C=O) groups is 1. The van der Waals surface area contributed by atoms with Crippen LogP contribution in [-0.4, -0.2) is 19.1 Å².